The zero-order valence-electron chi connectivity index (χ0n) is 48.6. The molecule has 4 fully saturated rings. The third-order valence-electron chi connectivity index (χ3n) is 16.0. The zero-order chi connectivity index (χ0) is 63.3. The standard InChI is InChI=1S/C57H92O28/c1-24(2)14-17-33(77-7)41(66)40(65)31(62)13-9-12-29-18-32(63)38(28(6)39(29)64)27(5)11-8-10-26(4)30(61)16-15-25(3)22-78-55-50(75)53(45(70)37(83-55)23-79-54-48(73)46(71)42(67)34(19-58)80-54)85-57-51(76)52(44(69)36(21-60)82-57)84-56-49(74)47(72)43(68)35(20-59)81-56/h8-11,13-15,17-18,24,27-28,30-38,40-63,65-76H,12,16,19-23H2,1-7H3. The van der Waals surface area contributed by atoms with E-state index in [2.05, 4.69) is 0 Å². The van der Waals surface area contributed by atoms with Gasteiger partial charge in [-0.25, -0.2) is 0 Å². The Kier molecular flexibility index (Phi) is 28.9. The predicted molar refractivity (Wildman–Crippen MR) is 292 cm³/mol. The van der Waals surface area contributed by atoms with Gasteiger partial charge in [0.2, 0.25) is 0 Å². The first-order chi connectivity index (χ1) is 40.1. The monoisotopic (exact) mass is 1220 g/mol. The maximum Gasteiger partial charge on any atom is 0.187 e. The smallest absolute Gasteiger partial charge is 0.187 e. The molecule has 5 rings (SSSR count). The second-order valence-corrected chi connectivity index (χ2v) is 22.8. The van der Waals surface area contributed by atoms with E-state index < -0.39 is 198 Å². The van der Waals surface area contributed by atoms with Gasteiger partial charge < -0.3 is 135 Å². The molecular weight excluding hydrogens is 1130 g/mol. The Morgan fingerprint density at radius 2 is 1.12 bits per heavy atom. The first-order valence-corrected chi connectivity index (χ1v) is 28.4. The van der Waals surface area contributed by atoms with Crippen molar-refractivity contribution in [2.24, 2.45) is 23.7 Å². The average molecular weight is 1230 g/mol. The molecule has 28 nitrogen and oxygen atoms in total. The lowest BCUT2D eigenvalue weighted by molar-refractivity contribution is -0.382. The van der Waals surface area contributed by atoms with Crippen molar-refractivity contribution in [3.63, 3.8) is 0 Å². The predicted octanol–water partition coefficient (Wildman–Crippen LogP) is -5.51. The summed E-state index contributed by atoms with van der Waals surface area (Å²) in [6, 6.07) is 0. The summed E-state index contributed by atoms with van der Waals surface area (Å²) >= 11 is 0. The molecule has 0 bridgehead atoms. The maximum atomic E-state index is 13.5. The summed E-state index contributed by atoms with van der Waals surface area (Å²) in [6.07, 6.45) is -29.0. The van der Waals surface area contributed by atoms with E-state index in [1.54, 1.807) is 57.2 Å². The Balaban J connectivity index is 1.23. The van der Waals surface area contributed by atoms with Crippen molar-refractivity contribution in [2.75, 3.05) is 40.1 Å². The van der Waals surface area contributed by atoms with Crippen molar-refractivity contribution in [3.05, 3.63) is 71.4 Å². The lowest BCUT2D eigenvalue weighted by Gasteiger charge is -2.48. The number of ketones is 1. The number of allylic oxidation sites excluding steroid dienone is 6. The molecule has 0 spiro atoms. The van der Waals surface area contributed by atoms with E-state index in [1.807, 2.05) is 20.8 Å². The van der Waals surface area contributed by atoms with E-state index in [1.165, 1.54) is 25.3 Å². The number of methoxy groups -OCH3 is 1. The van der Waals surface area contributed by atoms with Gasteiger partial charge in [-0.05, 0) is 55.7 Å². The van der Waals surface area contributed by atoms with Gasteiger partial charge in [-0.2, -0.15) is 0 Å². The van der Waals surface area contributed by atoms with Crippen LogP contribution in [0.4, 0.5) is 0 Å². The van der Waals surface area contributed by atoms with Gasteiger partial charge in [0, 0.05) is 18.9 Å². The largest absolute Gasteiger partial charge is 0.394 e. The van der Waals surface area contributed by atoms with Crippen molar-refractivity contribution in [1.29, 1.82) is 0 Å². The quantitative estimate of drug-likeness (QED) is 0.0257. The normalized spacial score (nSPS) is 40.5. The molecule has 4 heterocycles. The van der Waals surface area contributed by atoms with Gasteiger partial charge in [-0.1, -0.05) is 81.9 Å². The van der Waals surface area contributed by atoms with E-state index in [0.717, 1.165) is 0 Å². The van der Waals surface area contributed by atoms with Gasteiger partial charge in [-0.15, -0.1) is 0 Å². The van der Waals surface area contributed by atoms with Crippen LogP contribution >= 0.6 is 0 Å². The molecule has 28 heteroatoms. The van der Waals surface area contributed by atoms with Crippen LogP contribution in [-0.4, -0.2) is 297 Å². The zero-order valence-corrected chi connectivity index (χ0v) is 48.6. The molecule has 0 radical (unpaired) electrons. The topological polar surface area (TPSA) is 464 Å². The minimum atomic E-state index is -2.10. The van der Waals surface area contributed by atoms with Crippen molar-refractivity contribution in [3.8, 4) is 0 Å². The number of aliphatic hydroxyl groups excluding tert-OH is 18. The summed E-state index contributed by atoms with van der Waals surface area (Å²) in [7, 11) is 1.37. The number of carbonyl (C=O) groups is 1. The summed E-state index contributed by atoms with van der Waals surface area (Å²) in [5.74, 6) is -1.46. The Hall–Kier alpha value is -2.97. The number of hydrogen-bond donors (Lipinski definition) is 18. The maximum absolute atomic E-state index is 13.5. The minimum absolute atomic E-state index is 0.0586. The Labute approximate surface area is 492 Å². The van der Waals surface area contributed by atoms with E-state index in [4.69, 9.17) is 42.6 Å². The van der Waals surface area contributed by atoms with Crippen LogP contribution in [0.15, 0.2) is 71.4 Å². The van der Waals surface area contributed by atoms with Crippen LogP contribution in [0.3, 0.4) is 0 Å². The number of Topliss-reactive ketones (excluding diaryl/α,β-unsaturated/α-hetero) is 1. The molecule has 5 aliphatic rings. The number of rotatable bonds is 28. The molecule has 1 aliphatic carbocycles. The molecule has 488 valence electrons. The van der Waals surface area contributed by atoms with Crippen LogP contribution in [0.25, 0.3) is 0 Å². The molecule has 0 amide bonds. The van der Waals surface area contributed by atoms with E-state index in [9.17, 15) is 96.7 Å². The molecule has 4 saturated heterocycles. The van der Waals surface area contributed by atoms with Crippen LogP contribution < -0.4 is 0 Å². The summed E-state index contributed by atoms with van der Waals surface area (Å²) in [6.45, 7) is 7.15. The molecule has 18 N–H and O–H groups in total. The molecule has 29 atom stereocenters. The lowest BCUT2D eigenvalue weighted by atomic mass is 9.71. The number of ether oxygens (including phenoxy) is 9. The third kappa shape index (κ3) is 18.6. The van der Waals surface area contributed by atoms with Gasteiger partial charge in [0.05, 0.1) is 45.2 Å². The van der Waals surface area contributed by atoms with Crippen LogP contribution in [0.5, 0.6) is 0 Å². The first-order valence-electron chi connectivity index (χ1n) is 28.4. The van der Waals surface area contributed by atoms with Gasteiger partial charge in [0.25, 0.3) is 0 Å². The molecule has 0 aromatic rings. The van der Waals surface area contributed by atoms with Gasteiger partial charge in [-0.3, -0.25) is 4.79 Å². The molecule has 0 aromatic heterocycles. The number of aliphatic hydroxyl groups is 18. The second kappa shape index (κ2) is 33.7. The number of carbonyl (C=O) groups excluding carboxylic acids is 1. The van der Waals surface area contributed by atoms with Crippen LogP contribution in [0.1, 0.15) is 54.4 Å². The lowest BCUT2D eigenvalue weighted by Crippen LogP contribution is -2.67. The fourth-order valence-electron chi connectivity index (χ4n) is 10.5. The second-order valence-electron chi connectivity index (χ2n) is 22.8. The molecule has 4 aliphatic heterocycles. The Bertz CT molecular complexity index is 2220. The van der Waals surface area contributed by atoms with Gasteiger partial charge >= 0.3 is 0 Å². The van der Waals surface area contributed by atoms with Crippen molar-refractivity contribution in [2.45, 2.75) is 214 Å². The van der Waals surface area contributed by atoms with Crippen molar-refractivity contribution < 1.29 is 139 Å². The molecule has 0 aromatic carbocycles. The van der Waals surface area contributed by atoms with Crippen molar-refractivity contribution >= 4 is 5.78 Å². The van der Waals surface area contributed by atoms with Gasteiger partial charge in [0.1, 0.15) is 122 Å². The molecular formula is C57H92O28. The summed E-state index contributed by atoms with van der Waals surface area (Å²) in [5, 5.41) is 192. The van der Waals surface area contributed by atoms with E-state index >= 15 is 0 Å². The third-order valence-corrected chi connectivity index (χ3v) is 16.0. The van der Waals surface area contributed by atoms with Crippen LogP contribution in [-0.2, 0) is 47.4 Å². The molecule has 85 heavy (non-hydrogen) atoms. The fraction of sp³-hybridized carbons (Fsp3) is 0.772. The SMILES string of the molecule is COC(C=CC(C)C)C(O)C(O)C(O)C=CCC1=CC(O)C(C(C)C=CC=C(C)C(O)CC=C(C)COC2OC(COC3OC(CO)C(O)C(O)C3O)C(O)C(OC3OC(CO)C(O)C(OC4OC(CO)C(O)C(O)C4O)C3O)C2O)C(C)C1=O. The highest BCUT2D eigenvalue weighted by Crippen LogP contribution is 2.36. The van der Waals surface area contributed by atoms with Crippen LogP contribution in [0, 0.1) is 23.7 Å². The minimum Gasteiger partial charge on any atom is -0.394 e. The fourth-order valence-corrected chi connectivity index (χ4v) is 10.5. The highest BCUT2D eigenvalue weighted by molar-refractivity contribution is 5.98. The Morgan fingerprint density at radius 1 is 0.612 bits per heavy atom. The van der Waals surface area contributed by atoms with Crippen LogP contribution in [0.2, 0.25) is 0 Å². The molecule has 0 saturated carbocycles. The van der Waals surface area contributed by atoms with E-state index in [-0.39, 0.29) is 37.1 Å². The summed E-state index contributed by atoms with van der Waals surface area (Å²) < 4.78 is 50.8. The average Bonchev–Trinajstić information content (AvgIpc) is 2.14. The summed E-state index contributed by atoms with van der Waals surface area (Å²) in [5.41, 5.74) is 1.35. The number of hydrogen-bond acceptors (Lipinski definition) is 28. The first kappa shape index (κ1) is 72.8. The molecule has 29 unspecified atom stereocenters. The highest BCUT2D eigenvalue weighted by Gasteiger charge is 2.55. The summed E-state index contributed by atoms with van der Waals surface area (Å²) in [4.78, 5) is 13.5. The van der Waals surface area contributed by atoms with E-state index in [0.29, 0.717) is 16.7 Å². The highest BCUT2D eigenvalue weighted by atomic mass is 16.8. The van der Waals surface area contributed by atoms with Crippen molar-refractivity contribution in [1.82, 2.24) is 0 Å². The van der Waals surface area contributed by atoms with Gasteiger partial charge in [0.15, 0.2) is 30.9 Å². The Morgan fingerprint density at radius 3 is 1.68 bits per heavy atom.